The van der Waals surface area contributed by atoms with Gasteiger partial charge in [-0.3, -0.25) is 9.59 Å². The number of amides is 2. The topological polar surface area (TPSA) is 67.4 Å². The van der Waals surface area contributed by atoms with Gasteiger partial charge in [-0.15, -0.1) is 0 Å². The third-order valence-electron chi connectivity index (χ3n) is 3.54. The molecule has 5 nitrogen and oxygen atoms in total. The van der Waals surface area contributed by atoms with Gasteiger partial charge < -0.3 is 15.4 Å². The fraction of sp³-hybridized carbons (Fsp3) is 0.176. The molecule has 0 saturated carbocycles. The first-order valence-corrected chi connectivity index (χ1v) is 6.99. The second-order valence-corrected chi connectivity index (χ2v) is 5.17. The Labute approximate surface area is 128 Å². The van der Waals surface area contributed by atoms with Crippen LogP contribution >= 0.6 is 0 Å². The van der Waals surface area contributed by atoms with Gasteiger partial charge >= 0.3 is 0 Å². The summed E-state index contributed by atoms with van der Waals surface area (Å²) in [7, 11) is 1.61. The van der Waals surface area contributed by atoms with Crippen LogP contribution in [-0.2, 0) is 22.4 Å². The van der Waals surface area contributed by atoms with Crippen molar-refractivity contribution in [1.29, 1.82) is 0 Å². The van der Waals surface area contributed by atoms with Crippen molar-refractivity contribution < 1.29 is 14.3 Å². The fourth-order valence-corrected chi connectivity index (χ4v) is 2.44. The number of hydrogen-bond acceptors (Lipinski definition) is 3. The summed E-state index contributed by atoms with van der Waals surface area (Å²) in [5, 5.41) is 5.62. The summed E-state index contributed by atoms with van der Waals surface area (Å²) in [6.07, 6.45) is 0.649. The first kappa shape index (κ1) is 14.1. The van der Waals surface area contributed by atoms with E-state index in [1.54, 1.807) is 13.2 Å². The van der Waals surface area contributed by atoms with Gasteiger partial charge in [-0.2, -0.15) is 0 Å². The van der Waals surface area contributed by atoms with Crippen molar-refractivity contribution in [2.45, 2.75) is 12.8 Å². The zero-order valence-electron chi connectivity index (χ0n) is 12.2. The molecule has 0 radical (unpaired) electrons. The van der Waals surface area contributed by atoms with Gasteiger partial charge in [-0.25, -0.2) is 0 Å². The molecule has 0 aliphatic carbocycles. The minimum atomic E-state index is -0.0950. The molecule has 2 amide bonds. The Morgan fingerprint density at radius 2 is 2.00 bits per heavy atom. The smallest absolute Gasteiger partial charge is 0.228 e. The molecule has 2 aromatic carbocycles. The predicted molar refractivity (Wildman–Crippen MR) is 84.1 cm³/mol. The van der Waals surface area contributed by atoms with Crippen molar-refractivity contribution in [3.63, 3.8) is 0 Å². The molecule has 22 heavy (non-hydrogen) atoms. The Balaban J connectivity index is 1.64. The highest BCUT2D eigenvalue weighted by Crippen LogP contribution is 2.26. The van der Waals surface area contributed by atoms with Crippen LogP contribution in [-0.4, -0.2) is 18.9 Å². The molecule has 0 saturated heterocycles. The first-order valence-electron chi connectivity index (χ1n) is 6.99. The standard InChI is InChI=1S/C17H16N2O3/c1-22-14-5-2-11(3-6-14)8-16(20)18-13-4-7-15-12(9-13)10-17(21)19-15/h2-7,9H,8,10H2,1H3,(H,18,20)(H,19,21). The van der Waals surface area contributed by atoms with Crippen LogP contribution in [0.1, 0.15) is 11.1 Å². The number of benzene rings is 2. The van der Waals surface area contributed by atoms with E-state index < -0.39 is 0 Å². The average Bonchev–Trinajstić information content (AvgIpc) is 2.87. The minimum absolute atomic E-state index is 0.0169. The number of carbonyl (C=O) groups excluding carboxylic acids is 2. The highest BCUT2D eigenvalue weighted by Gasteiger charge is 2.17. The van der Waals surface area contributed by atoms with E-state index in [2.05, 4.69) is 10.6 Å². The molecular formula is C17H16N2O3. The summed E-state index contributed by atoms with van der Waals surface area (Å²) in [6.45, 7) is 0. The maximum atomic E-state index is 12.1. The maximum absolute atomic E-state index is 12.1. The third-order valence-corrected chi connectivity index (χ3v) is 3.54. The Morgan fingerprint density at radius 3 is 2.73 bits per heavy atom. The molecule has 0 bridgehead atoms. The van der Waals surface area contributed by atoms with Crippen molar-refractivity contribution in [1.82, 2.24) is 0 Å². The number of anilines is 2. The molecule has 0 unspecified atom stereocenters. The number of nitrogens with one attached hydrogen (secondary N) is 2. The fourth-order valence-electron chi connectivity index (χ4n) is 2.44. The van der Waals surface area contributed by atoms with E-state index in [0.717, 1.165) is 22.6 Å². The van der Waals surface area contributed by atoms with Crippen LogP contribution < -0.4 is 15.4 Å². The molecule has 3 rings (SSSR count). The Bertz CT molecular complexity index is 723. The van der Waals surface area contributed by atoms with E-state index >= 15 is 0 Å². The zero-order chi connectivity index (χ0) is 15.5. The van der Waals surface area contributed by atoms with E-state index in [-0.39, 0.29) is 18.2 Å². The molecule has 1 aliphatic heterocycles. The van der Waals surface area contributed by atoms with Gasteiger partial charge in [0.05, 0.1) is 20.0 Å². The molecular weight excluding hydrogens is 280 g/mol. The average molecular weight is 296 g/mol. The van der Waals surface area contributed by atoms with Crippen LogP contribution in [0.4, 0.5) is 11.4 Å². The number of hydrogen-bond donors (Lipinski definition) is 2. The largest absolute Gasteiger partial charge is 0.497 e. The lowest BCUT2D eigenvalue weighted by atomic mass is 10.1. The van der Waals surface area contributed by atoms with Gasteiger partial charge in [-0.05, 0) is 41.5 Å². The van der Waals surface area contributed by atoms with Crippen LogP contribution in [0.3, 0.4) is 0 Å². The molecule has 2 N–H and O–H groups in total. The van der Waals surface area contributed by atoms with Crippen LogP contribution in [0.25, 0.3) is 0 Å². The van der Waals surface area contributed by atoms with Gasteiger partial charge in [0.1, 0.15) is 5.75 Å². The molecule has 1 heterocycles. The molecule has 0 aromatic heterocycles. The number of fused-ring (bicyclic) bond motifs is 1. The highest BCUT2D eigenvalue weighted by atomic mass is 16.5. The van der Waals surface area contributed by atoms with Crippen molar-refractivity contribution in [2.24, 2.45) is 0 Å². The summed E-state index contributed by atoms with van der Waals surface area (Å²) in [6, 6.07) is 12.8. The van der Waals surface area contributed by atoms with Crippen LogP contribution in [0.2, 0.25) is 0 Å². The molecule has 0 spiro atoms. The van der Waals surface area contributed by atoms with E-state index in [1.165, 1.54) is 0 Å². The summed E-state index contributed by atoms with van der Waals surface area (Å²) < 4.78 is 5.09. The summed E-state index contributed by atoms with van der Waals surface area (Å²) in [4.78, 5) is 23.4. The minimum Gasteiger partial charge on any atom is -0.497 e. The predicted octanol–water partition coefficient (Wildman–Crippen LogP) is 2.37. The lowest BCUT2D eigenvalue weighted by Gasteiger charge is -2.07. The summed E-state index contributed by atoms with van der Waals surface area (Å²) in [5.41, 5.74) is 3.34. The Kier molecular flexibility index (Phi) is 3.78. The molecule has 5 heteroatoms. The van der Waals surface area contributed by atoms with Crippen molar-refractivity contribution in [3.8, 4) is 5.75 Å². The van der Waals surface area contributed by atoms with Gasteiger partial charge in [-0.1, -0.05) is 12.1 Å². The quantitative estimate of drug-likeness (QED) is 0.910. The number of ether oxygens (including phenoxy) is 1. The van der Waals surface area contributed by atoms with Gasteiger partial charge in [0.2, 0.25) is 11.8 Å². The second kappa shape index (κ2) is 5.89. The lowest BCUT2D eigenvalue weighted by molar-refractivity contribution is -0.116. The molecule has 0 fully saturated rings. The lowest BCUT2D eigenvalue weighted by Crippen LogP contribution is -2.14. The normalized spacial score (nSPS) is 12.5. The van der Waals surface area contributed by atoms with Gasteiger partial charge in [0.25, 0.3) is 0 Å². The SMILES string of the molecule is COc1ccc(CC(=O)Nc2ccc3c(c2)CC(=O)N3)cc1. The van der Waals surface area contributed by atoms with E-state index in [4.69, 9.17) is 4.74 Å². The molecule has 0 atom stereocenters. The second-order valence-electron chi connectivity index (χ2n) is 5.17. The molecule has 1 aliphatic rings. The zero-order valence-corrected chi connectivity index (χ0v) is 12.2. The maximum Gasteiger partial charge on any atom is 0.228 e. The number of rotatable bonds is 4. The third kappa shape index (κ3) is 3.09. The summed E-state index contributed by atoms with van der Waals surface area (Å²) >= 11 is 0. The Hall–Kier alpha value is -2.82. The van der Waals surface area contributed by atoms with Crippen LogP contribution in [0.5, 0.6) is 5.75 Å². The first-order chi connectivity index (χ1) is 10.6. The van der Waals surface area contributed by atoms with E-state index in [9.17, 15) is 9.59 Å². The van der Waals surface area contributed by atoms with Crippen molar-refractivity contribution >= 4 is 23.2 Å². The number of methoxy groups -OCH3 is 1. The molecule has 112 valence electrons. The van der Waals surface area contributed by atoms with Gasteiger partial charge in [0.15, 0.2) is 0 Å². The van der Waals surface area contributed by atoms with Crippen LogP contribution in [0, 0.1) is 0 Å². The van der Waals surface area contributed by atoms with Gasteiger partial charge in [0, 0.05) is 11.4 Å². The van der Waals surface area contributed by atoms with E-state index in [0.29, 0.717) is 12.1 Å². The van der Waals surface area contributed by atoms with E-state index in [1.807, 2.05) is 36.4 Å². The Morgan fingerprint density at radius 1 is 1.23 bits per heavy atom. The van der Waals surface area contributed by atoms with Crippen molar-refractivity contribution in [2.75, 3.05) is 17.7 Å². The monoisotopic (exact) mass is 296 g/mol. The molecule has 2 aromatic rings. The van der Waals surface area contributed by atoms with Crippen molar-refractivity contribution in [3.05, 3.63) is 53.6 Å². The highest BCUT2D eigenvalue weighted by molar-refractivity contribution is 6.00. The number of carbonyl (C=O) groups is 2. The van der Waals surface area contributed by atoms with Crippen LogP contribution in [0.15, 0.2) is 42.5 Å². The summed E-state index contributed by atoms with van der Waals surface area (Å²) in [5.74, 6) is 0.652.